The topological polar surface area (TPSA) is 38.7 Å². The Morgan fingerprint density at radius 1 is 0.514 bits per heavy atom. The van der Waals surface area contributed by atoms with Crippen LogP contribution in [0.2, 0.25) is 0 Å². The third-order valence-electron chi connectivity index (χ3n) is 6.29. The molecule has 7 aromatic rings. The Hall–Kier alpha value is -4.41. The lowest BCUT2D eigenvalue weighted by Gasteiger charge is -2.12. The first-order chi connectivity index (χ1) is 17.3. The Morgan fingerprint density at radius 2 is 1.09 bits per heavy atom. The third kappa shape index (κ3) is 3.38. The first kappa shape index (κ1) is 20.0. The second-order valence-electron chi connectivity index (χ2n) is 8.47. The molecule has 0 unspecified atom stereocenters. The number of fused-ring (bicyclic) bond motifs is 4. The molecule has 3 heterocycles. The largest absolute Gasteiger partial charge is 0.246 e. The molecule has 0 aliphatic carbocycles. The minimum absolute atomic E-state index is 0.723. The summed E-state index contributed by atoms with van der Waals surface area (Å²) in [6.07, 6.45) is 0. The van der Waals surface area contributed by atoms with Crippen molar-refractivity contribution in [1.29, 1.82) is 0 Å². The zero-order valence-corrected chi connectivity index (χ0v) is 19.5. The smallest absolute Gasteiger partial charge is 0.162 e. The van der Waals surface area contributed by atoms with Crippen LogP contribution in [0.5, 0.6) is 0 Å². The van der Waals surface area contributed by atoms with Gasteiger partial charge in [-0.25, -0.2) is 15.0 Å². The van der Waals surface area contributed by atoms with E-state index in [1.807, 2.05) is 42.5 Å². The molecule has 0 aliphatic heterocycles. The summed E-state index contributed by atoms with van der Waals surface area (Å²) in [5, 5.41) is 2.23. The maximum atomic E-state index is 5.14. The molecule has 35 heavy (non-hydrogen) atoms. The van der Waals surface area contributed by atoms with Gasteiger partial charge in [-0.1, -0.05) is 97.1 Å². The number of pyridine rings is 1. The van der Waals surface area contributed by atoms with E-state index in [9.17, 15) is 0 Å². The molecule has 4 heteroatoms. The van der Waals surface area contributed by atoms with Gasteiger partial charge in [0.25, 0.3) is 0 Å². The zero-order chi connectivity index (χ0) is 23.2. The number of para-hydroxylation sites is 1. The molecule has 0 atom stereocenters. The predicted octanol–water partition coefficient (Wildman–Crippen LogP) is 8.39. The third-order valence-corrected chi connectivity index (χ3v) is 7.47. The lowest BCUT2D eigenvalue weighted by atomic mass is 10.0. The van der Waals surface area contributed by atoms with E-state index in [0.29, 0.717) is 0 Å². The van der Waals surface area contributed by atoms with Crippen molar-refractivity contribution in [1.82, 2.24) is 15.0 Å². The van der Waals surface area contributed by atoms with Gasteiger partial charge in [0.05, 0.1) is 27.1 Å². The van der Waals surface area contributed by atoms with Crippen molar-refractivity contribution in [2.24, 2.45) is 0 Å². The van der Waals surface area contributed by atoms with Crippen LogP contribution in [0.3, 0.4) is 0 Å². The highest BCUT2D eigenvalue weighted by atomic mass is 32.1. The molecule has 4 aromatic carbocycles. The second-order valence-corrected chi connectivity index (χ2v) is 9.53. The molecule has 164 valence electrons. The fourth-order valence-corrected chi connectivity index (χ4v) is 5.83. The van der Waals surface area contributed by atoms with Gasteiger partial charge in [0.2, 0.25) is 0 Å². The molecule has 3 nitrogen and oxygen atoms in total. The van der Waals surface area contributed by atoms with Crippen LogP contribution in [0.1, 0.15) is 0 Å². The summed E-state index contributed by atoms with van der Waals surface area (Å²) in [5.41, 5.74) is 6.96. The van der Waals surface area contributed by atoms with Gasteiger partial charge in [-0.3, -0.25) is 0 Å². The summed E-state index contributed by atoms with van der Waals surface area (Å²) in [5.74, 6) is 0.723. The maximum Gasteiger partial charge on any atom is 0.162 e. The summed E-state index contributed by atoms with van der Waals surface area (Å²) in [7, 11) is 0. The van der Waals surface area contributed by atoms with Crippen LogP contribution >= 0.6 is 11.3 Å². The van der Waals surface area contributed by atoms with Crippen LogP contribution in [-0.4, -0.2) is 15.0 Å². The van der Waals surface area contributed by atoms with Crippen LogP contribution in [0.4, 0.5) is 0 Å². The van der Waals surface area contributed by atoms with Crippen molar-refractivity contribution < 1.29 is 0 Å². The van der Waals surface area contributed by atoms with Gasteiger partial charge < -0.3 is 0 Å². The summed E-state index contributed by atoms with van der Waals surface area (Å²) in [6, 6.07) is 39.5. The highest BCUT2D eigenvalue weighted by molar-refractivity contribution is 7.26. The molecular formula is C31H19N3S. The normalized spacial score (nSPS) is 11.4. The van der Waals surface area contributed by atoms with E-state index in [0.717, 1.165) is 55.0 Å². The molecule has 0 N–H and O–H groups in total. The van der Waals surface area contributed by atoms with Gasteiger partial charge in [0, 0.05) is 32.2 Å². The van der Waals surface area contributed by atoms with E-state index in [-0.39, 0.29) is 0 Å². The van der Waals surface area contributed by atoms with Crippen molar-refractivity contribution in [2.45, 2.75) is 0 Å². The van der Waals surface area contributed by atoms with Crippen molar-refractivity contribution in [3.63, 3.8) is 0 Å². The van der Waals surface area contributed by atoms with Crippen LogP contribution in [0.15, 0.2) is 115 Å². The summed E-state index contributed by atoms with van der Waals surface area (Å²) < 4.78 is 2.34. The first-order valence-corrected chi connectivity index (χ1v) is 12.4. The number of rotatable bonds is 3. The standard InChI is InChI=1S/C31H19N3S/c1-3-11-20(12-4-1)25-19-26(21-13-5-2-6-14-21)34-31(33-25)28-22-15-7-9-17-24(22)32-29-23-16-8-10-18-27(23)35-30(28)29/h1-19H. The number of aromatic nitrogens is 3. The van der Waals surface area contributed by atoms with E-state index in [1.54, 1.807) is 11.3 Å². The van der Waals surface area contributed by atoms with Crippen LogP contribution < -0.4 is 0 Å². The van der Waals surface area contributed by atoms with Crippen molar-refractivity contribution >= 4 is 42.5 Å². The lowest BCUT2D eigenvalue weighted by molar-refractivity contribution is 1.19. The fourth-order valence-electron chi connectivity index (χ4n) is 4.63. The molecule has 0 amide bonds. The van der Waals surface area contributed by atoms with E-state index >= 15 is 0 Å². The van der Waals surface area contributed by atoms with E-state index in [1.165, 1.54) is 10.1 Å². The number of hydrogen-bond acceptors (Lipinski definition) is 4. The van der Waals surface area contributed by atoms with Gasteiger partial charge in [-0.2, -0.15) is 0 Å². The SMILES string of the molecule is c1ccc(-c2cc(-c3ccccc3)nc(-c3c4ccccc4nc4c3sc3ccccc34)n2)cc1. The molecule has 7 rings (SSSR count). The number of benzene rings is 4. The summed E-state index contributed by atoms with van der Waals surface area (Å²) in [4.78, 5) is 15.3. The van der Waals surface area contributed by atoms with E-state index < -0.39 is 0 Å². The van der Waals surface area contributed by atoms with Gasteiger partial charge >= 0.3 is 0 Å². The van der Waals surface area contributed by atoms with Crippen molar-refractivity contribution in [3.05, 3.63) is 115 Å². The Kier molecular flexibility index (Phi) is 4.64. The average Bonchev–Trinajstić information content (AvgIpc) is 3.30. The number of hydrogen-bond donors (Lipinski definition) is 0. The number of thiophene rings is 1. The quantitative estimate of drug-likeness (QED) is 0.263. The van der Waals surface area contributed by atoms with E-state index in [4.69, 9.17) is 15.0 Å². The second kappa shape index (κ2) is 8.12. The molecule has 0 saturated carbocycles. The highest BCUT2D eigenvalue weighted by Crippen LogP contribution is 2.42. The first-order valence-electron chi connectivity index (χ1n) is 11.6. The molecule has 0 fully saturated rings. The molecule has 0 aliphatic rings. The minimum Gasteiger partial charge on any atom is -0.246 e. The van der Waals surface area contributed by atoms with Crippen LogP contribution in [0.25, 0.3) is 65.1 Å². The van der Waals surface area contributed by atoms with Gasteiger partial charge in [-0.05, 0) is 18.2 Å². The number of nitrogens with zero attached hydrogens (tertiary/aromatic N) is 3. The van der Waals surface area contributed by atoms with Crippen LogP contribution in [-0.2, 0) is 0 Å². The molecule has 0 radical (unpaired) electrons. The monoisotopic (exact) mass is 465 g/mol. The predicted molar refractivity (Wildman–Crippen MR) is 147 cm³/mol. The average molecular weight is 466 g/mol. The Labute approximate surface area is 206 Å². The van der Waals surface area contributed by atoms with Gasteiger partial charge in [-0.15, -0.1) is 11.3 Å². The summed E-state index contributed by atoms with van der Waals surface area (Å²) >= 11 is 1.76. The molecule has 0 spiro atoms. The molecule has 0 saturated heterocycles. The van der Waals surface area contributed by atoms with E-state index in [2.05, 4.69) is 72.8 Å². The van der Waals surface area contributed by atoms with Crippen molar-refractivity contribution in [2.75, 3.05) is 0 Å². The lowest BCUT2D eigenvalue weighted by Crippen LogP contribution is -1.97. The maximum absolute atomic E-state index is 5.14. The Morgan fingerprint density at radius 3 is 1.77 bits per heavy atom. The van der Waals surface area contributed by atoms with Gasteiger partial charge in [0.15, 0.2) is 5.82 Å². The minimum atomic E-state index is 0.723. The zero-order valence-electron chi connectivity index (χ0n) is 18.7. The Balaban J connectivity index is 1.61. The van der Waals surface area contributed by atoms with Crippen molar-refractivity contribution in [3.8, 4) is 33.9 Å². The fraction of sp³-hybridized carbons (Fsp3) is 0. The highest BCUT2D eigenvalue weighted by Gasteiger charge is 2.19. The Bertz CT molecular complexity index is 1780. The molecular weight excluding hydrogens is 446 g/mol. The molecule has 0 bridgehead atoms. The van der Waals surface area contributed by atoms with Crippen LogP contribution in [0, 0.1) is 0 Å². The summed E-state index contributed by atoms with van der Waals surface area (Å²) in [6.45, 7) is 0. The van der Waals surface area contributed by atoms with Gasteiger partial charge in [0.1, 0.15) is 0 Å². The molecule has 3 aromatic heterocycles.